The number of rotatable bonds is 8. The lowest BCUT2D eigenvalue weighted by Gasteiger charge is -2.25. The number of halogens is 1. The second kappa shape index (κ2) is 10.3. The fourth-order valence-corrected chi connectivity index (χ4v) is 3.02. The van der Waals surface area contributed by atoms with Crippen LogP contribution in [-0.2, 0) is 9.59 Å². The molecule has 2 aromatic rings. The molecule has 1 N–H and O–H groups in total. The summed E-state index contributed by atoms with van der Waals surface area (Å²) in [6.07, 6.45) is 0.0802. The van der Waals surface area contributed by atoms with E-state index >= 15 is 0 Å². The maximum atomic E-state index is 14.1. The zero-order valence-electron chi connectivity index (χ0n) is 16.9. The van der Waals surface area contributed by atoms with Gasteiger partial charge in [0.25, 0.3) is 0 Å². The molecule has 0 saturated heterocycles. The highest BCUT2D eigenvalue weighted by molar-refractivity contribution is 5.96. The highest BCUT2D eigenvalue weighted by atomic mass is 19.1. The first-order valence-electron chi connectivity index (χ1n) is 9.30. The number of hydrogen-bond acceptors (Lipinski definition) is 4. The van der Waals surface area contributed by atoms with E-state index in [9.17, 15) is 14.0 Å². The van der Waals surface area contributed by atoms with E-state index in [1.165, 1.54) is 23.1 Å². The van der Waals surface area contributed by atoms with E-state index in [0.29, 0.717) is 0 Å². The maximum absolute atomic E-state index is 14.1. The highest BCUT2D eigenvalue weighted by Crippen LogP contribution is 2.20. The molecule has 0 fully saturated rings. The molecule has 0 aliphatic heterocycles. The minimum Gasteiger partial charge on any atom is -0.324 e. The number of carbonyl (C=O) groups is 2. The number of carbonyl (C=O) groups excluding carboxylic acids is 2. The molecule has 0 bridgehead atoms. The molecule has 0 atom stereocenters. The molecule has 152 valence electrons. The Bertz CT molecular complexity index is 903. The summed E-state index contributed by atoms with van der Waals surface area (Å²) in [7, 11) is 1.64. The largest absolute Gasteiger partial charge is 0.324 e. The Morgan fingerprint density at radius 3 is 2.34 bits per heavy atom. The average molecular weight is 396 g/mol. The summed E-state index contributed by atoms with van der Waals surface area (Å²) in [6.45, 7) is 3.83. The molecule has 0 unspecified atom stereocenters. The number of nitrogens with one attached hydrogen (secondary N) is 1. The van der Waals surface area contributed by atoms with Gasteiger partial charge >= 0.3 is 0 Å². The monoisotopic (exact) mass is 396 g/mol. The van der Waals surface area contributed by atoms with Crippen LogP contribution >= 0.6 is 0 Å². The average Bonchev–Trinajstić information content (AvgIpc) is 2.66. The first kappa shape index (κ1) is 22.1. The van der Waals surface area contributed by atoms with Crippen LogP contribution < -0.4 is 10.2 Å². The van der Waals surface area contributed by atoms with Gasteiger partial charge < -0.3 is 10.2 Å². The molecule has 0 heterocycles. The number of hydrogen-bond donors (Lipinski definition) is 1. The third kappa shape index (κ3) is 6.13. The molecule has 2 rings (SSSR count). The SMILES string of the molecule is Cc1cccc(C)c1NC(=O)CN(C)CC(=O)N(CCC#N)c1ccccc1F. The van der Waals surface area contributed by atoms with E-state index in [1.54, 1.807) is 18.0 Å². The number of nitriles is 1. The molecular weight excluding hydrogens is 371 g/mol. The summed E-state index contributed by atoms with van der Waals surface area (Å²) in [4.78, 5) is 27.9. The van der Waals surface area contributed by atoms with Gasteiger partial charge in [-0.1, -0.05) is 30.3 Å². The van der Waals surface area contributed by atoms with Gasteiger partial charge in [-0.2, -0.15) is 5.26 Å². The van der Waals surface area contributed by atoms with E-state index in [-0.39, 0.29) is 43.6 Å². The van der Waals surface area contributed by atoms with Crippen molar-refractivity contribution < 1.29 is 14.0 Å². The quantitative estimate of drug-likeness (QED) is 0.743. The molecule has 0 aromatic heterocycles. The van der Waals surface area contributed by atoms with Crippen LogP contribution in [0.15, 0.2) is 42.5 Å². The number of para-hydroxylation sites is 2. The van der Waals surface area contributed by atoms with Crippen LogP contribution in [0.1, 0.15) is 17.5 Å². The zero-order chi connectivity index (χ0) is 21.4. The van der Waals surface area contributed by atoms with Gasteiger partial charge in [0, 0.05) is 12.2 Å². The molecule has 0 spiro atoms. The zero-order valence-corrected chi connectivity index (χ0v) is 16.9. The predicted molar refractivity (Wildman–Crippen MR) is 111 cm³/mol. The van der Waals surface area contributed by atoms with Crippen LogP contribution in [-0.4, -0.2) is 43.4 Å². The predicted octanol–water partition coefficient (Wildman–Crippen LogP) is 3.26. The summed E-state index contributed by atoms with van der Waals surface area (Å²) >= 11 is 0. The normalized spacial score (nSPS) is 10.5. The lowest BCUT2D eigenvalue weighted by Crippen LogP contribution is -2.42. The van der Waals surface area contributed by atoms with Crippen molar-refractivity contribution in [3.05, 3.63) is 59.4 Å². The number of anilines is 2. The lowest BCUT2D eigenvalue weighted by molar-refractivity contribution is -0.121. The first-order chi connectivity index (χ1) is 13.8. The summed E-state index contributed by atoms with van der Waals surface area (Å²) in [5, 5.41) is 11.7. The van der Waals surface area contributed by atoms with Crippen LogP contribution in [0.4, 0.5) is 15.8 Å². The number of amides is 2. The fraction of sp³-hybridized carbons (Fsp3) is 0.318. The van der Waals surface area contributed by atoms with Crippen LogP contribution in [0.2, 0.25) is 0 Å². The molecule has 2 amide bonds. The number of nitrogens with zero attached hydrogens (tertiary/aromatic N) is 3. The Balaban J connectivity index is 2.02. The molecule has 0 radical (unpaired) electrons. The second-order valence-corrected chi connectivity index (χ2v) is 6.89. The Kier molecular flexibility index (Phi) is 7.87. The second-order valence-electron chi connectivity index (χ2n) is 6.89. The van der Waals surface area contributed by atoms with Crippen molar-refractivity contribution in [2.45, 2.75) is 20.3 Å². The molecule has 0 aliphatic rings. The standard InChI is InChI=1S/C22H25FN4O2/c1-16-8-6-9-17(2)22(16)25-20(28)14-26(3)15-21(29)27(13-7-12-24)19-11-5-4-10-18(19)23/h4-6,8-11H,7,13-15H2,1-3H3,(H,25,28). The summed E-state index contributed by atoms with van der Waals surface area (Å²) in [5.41, 5.74) is 2.80. The van der Waals surface area contributed by atoms with Gasteiger partial charge in [-0.3, -0.25) is 14.5 Å². The Labute approximate surface area is 170 Å². The van der Waals surface area contributed by atoms with Gasteiger partial charge in [0.15, 0.2) is 0 Å². The Morgan fingerprint density at radius 2 is 1.72 bits per heavy atom. The molecular formula is C22H25FN4O2. The Morgan fingerprint density at radius 1 is 1.07 bits per heavy atom. The van der Waals surface area contributed by atoms with Gasteiger partial charge in [-0.25, -0.2) is 4.39 Å². The molecule has 7 heteroatoms. The van der Waals surface area contributed by atoms with Gasteiger partial charge in [0.05, 0.1) is 31.3 Å². The van der Waals surface area contributed by atoms with E-state index < -0.39 is 5.82 Å². The van der Waals surface area contributed by atoms with Gasteiger partial charge in [-0.05, 0) is 44.2 Å². The van der Waals surface area contributed by atoms with Crippen molar-refractivity contribution in [1.29, 1.82) is 5.26 Å². The molecule has 29 heavy (non-hydrogen) atoms. The van der Waals surface area contributed by atoms with E-state index in [0.717, 1.165) is 16.8 Å². The van der Waals surface area contributed by atoms with Crippen LogP contribution in [0.25, 0.3) is 0 Å². The van der Waals surface area contributed by atoms with Crippen molar-refractivity contribution in [3.63, 3.8) is 0 Å². The molecule has 0 aliphatic carbocycles. The van der Waals surface area contributed by atoms with Gasteiger partial charge in [-0.15, -0.1) is 0 Å². The highest BCUT2D eigenvalue weighted by Gasteiger charge is 2.21. The minimum absolute atomic E-state index is 0.00285. The summed E-state index contributed by atoms with van der Waals surface area (Å²) in [5.74, 6) is -1.16. The molecule has 6 nitrogen and oxygen atoms in total. The van der Waals surface area contributed by atoms with Crippen LogP contribution in [0, 0.1) is 31.0 Å². The van der Waals surface area contributed by atoms with Crippen molar-refractivity contribution in [1.82, 2.24) is 4.90 Å². The lowest BCUT2D eigenvalue weighted by atomic mass is 10.1. The number of aryl methyl sites for hydroxylation is 2. The minimum atomic E-state index is -0.533. The van der Waals surface area contributed by atoms with E-state index in [1.807, 2.05) is 38.1 Å². The van der Waals surface area contributed by atoms with Crippen molar-refractivity contribution in [2.24, 2.45) is 0 Å². The van der Waals surface area contributed by atoms with Gasteiger partial charge in [0.1, 0.15) is 5.82 Å². The van der Waals surface area contributed by atoms with Gasteiger partial charge in [0.2, 0.25) is 11.8 Å². The maximum Gasteiger partial charge on any atom is 0.241 e. The summed E-state index contributed by atoms with van der Waals surface area (Å²) < 4.78 is 14.1. The third-order valence-electron chi connectivity index (χ3n) is 4.46. The Hall–Kier alpha value is -3.24. The molecule has 0 saturated carbocycles. The smallest absolute Gasteiger partial charge is 0.241 e. The van der Waals surface area contributed by atoms with Crippen LogP contribution in [0.5, 0.6) is 0 Å². The van der Waals surface area contributed by atoms with Crippen molar-refractivity contribution in [2.75, 3.05) is 36.9 Å². The number of benzene rings is 2. The van der Waals surface area contributed by atoms with E-state index in [2.05, 4.69) is 5.32 Å². The van der Waals surface area contributed by atoms with Crippen LogP contribution in [0.3, 0.4) is 0 Å². The fourth-order valence-electron chi connectivity index (χ4n) is 3.02. The molecule has 2 aromatic carbocycles. The van der Waals surface area contributed by atoms with Crippen molar-refractivity contribution >= 4 is 23.2 Å². The number of likely N-dealkylation sites (N-methyl/N-ethyl adjacent to an activating group) is 1. The van der Waals surface area contributed by atoms with E-state index in [4.69, 9.17) is 5.26 Å². The topological polar surface area (TPSA) is 76.4 Å². The first-order valence-corrected chi connectivity index (χ1v) is 9.30. The van der Waals surface area contributed by atoms with Crippen molar-refractivity contribution in [3.8, 4) is 6.07 Å². The summed E-state index contributed by atoms with van der Waals surface area (Å²) in [6, 6.07) is 13.7. The third-order valence-corrected chi connectivity index (χ3v) is 4.46.